The van der Waals surface area contributed by atoms with Crippen LogP contribution in [0.25, 0.3) is 0 Å². The van der Waals surface area contributed by atoms with Crippen LogP contribution in [0.1, 0.15) is 6.42 Å². The number of aliphatic hydroxyl groups is 1. The fraction of sp³-hybridized carbons (Fsp3) is 1.00. The predicted molar refractivity (Wildman–Crippen MR) is 37.4 cm³/mol. The van der Waals surface area contributed by atoms with E-state index >= 15 is 0 Å². The quantitative estimate of drug-likeness (QED) is 0.417. The summed E-state index contributed by atoms with van der Waals surface area (Å²) in [5, 5.41) is 9.22. The van der Waals surface area contributed by atoms with Crippen LogP contribution >= 0.6 is 0 Å². The van der Waals surface area contributed by atoms with Crippen molar-refractivity contribution in [2.24, 2.45) is 11.5 Å². The predicted octanol–water partition coefficient (Wildman–Crippen LogP) is -1.58. The van der Waals surface area contributed by atoms with Gasteiger partial charge in [0.05, 0.1) is 24.9 Å². The number of rotatable bonds is 1. The molecule has 60 valence electrons. The van der Waals surface area contributed by atoms with Crippen LogP contribution in [-0.4, -0.2) is 36.5 Å². The molecule has 3 atom stereocenters. The maximum absolute atomic E-state index is 9.22. The molecule has 1 rings (SSSR count). The van der Waals surface area contributed by atoms with Gasteiger partial charge in [-0.2, -0.15) is 0 Å². The minimum absolute atomic E-state index is 0.00481. The Balaban J connectivity index is 2.33. The Morgan fingerprint density at radius 3 is 2.80 bits per heavy atom. The van der Waals surface area contributed by atoms with Crippen LogP contribution in [-0.2, 0) is 4.74 Å². The van der Waals surface area contributed by atoms with Crippen molar-refractivity contribution in [1.29, 1.82) is 0 Å². The van der Waals surface area contributed by atoms with Crippen molar-refractivity contribution in [1.82, 2.24) is 0 Å². The van der Waals surface area contributed by atoms with Gasteiger partial charge in [-0.25, -0.2) is 0 Å². The highest BCUT2D eigenvalue weighted by Gasteiger charge is 2.25. The summed E-state index contributed by atoms with van der Waals surface area (Å²) in [7, 11) is 0. The molecule has 0 radical (unpaired) electrons. The van der Waals surface area contributed by atoms with Crippen LogP contribution in [0.15, 0.2) is 0 Å². The summed E-state index contributed by atoms with van der Waals surface area (Å²) in [6.45, 7) is 0.882. The van der Waals surface area contributed by atoms with Crippen LogP contribution in [0.5, 0.6) is 0 Å². The maximum Gasteiger partial charge on any atom is 0.0738 e. The molecule has 0 aromatic rings. The van der Waals surface area contributed by atoms with Crippen molar-refractivity contribution in [3.05, 3.63) is 0 Å². The van der Waals surface area contributed by atoms with Crippen LogP contribution < -0.4 is 11.5 Å². The molecule has 1 aliphatic rings. The van der Waals surface area contributed by atoms with E-state index in [1.807, 2.05) is 0 Å². The van der Waals surface area contributed by atoms with Gasteiger partial charge in [-0.05, 0) is 0 Å². The van der Waals surface area contributed by atoms with Gasteiger partial charge < -0.3 is 21.3 Å². The normalized spacial score (nSPS) is 41.7. The second-order valence-corrected chi connectivity index (χ2v) is 2.66. The molecule has 1 saturated heterocycles. The highest BCUT2D eigenvalue weighted by molar-refractivity contribution is 4.80. The number of nitrogens with two attached hydrogens (primary N) is 2. The SMILES string of the molecule is NC[C@H]1CC(O)[C@@H](N)CO1. The molecule has 0 bridgehead atoms. The fourth-order valence-electron chi connectivity index (χ4n) is 1.03. The van der Waals surface area contributed by atoms with Gasteiger partial charge in [-0.15, -0.1) is 0 Å². The van der Waals surface area contributed by atoms with E-state index in [0.717, 1.165) is 0 Å². The molecule has 0 amide bonds. The van der Waals surface area contributed by atoms with E-state index in [0.29, 0.717) is 19.6 Å². The minimum atomic E-state index is -0.442. The zero-order valence-electron chi connectivity index (χ0n) is 5.86. The zero-order valence-corrected chi connectivity index (χ0v) is 5.86. The number of hydrogen-bond acceptors (Lipinski definition) is 4. The first-order valence-electron chi connectivity index (χ1n) is 3.49. The van der Waals surface area contributed by atoms with Gasteiger partial charge >= 0.3 is 0 Å². The highest BCUT2D eigenvalue weighted by Crippen LogP contribution is 2.11. The molecule has 1 unspecified atom stereocenters. The zero-order chi connectivity index (χ0) is 7.56. The summed E-state index contributed by atoms with van der Waals surface area (Å²) < 4.78 is 5.20. The summed E-state index contributed by atoms with van der Waals surface area (Å²) in [4.78, 5) is 0. The van der Waals surface area contributed by atoms with Gasteiger partial charge in [-0.3, -0.25) is 0 Å². The minimum Gasteiger partial charge on any atom is -0.391 e. The van der Waals surface area contributed by atoms with E-state index in [1.54, 1.807) is 0 Å². The van der Waals surface area contributed by atoms with E-state index in [2.05, 4.69) is 0 Å². The van der Waals surface area contributed by atoms with Gasteiger partial charge in [0.15, 0.2) is 0 Å². The molecule has 1 aliphatic heterocycles. The molecule has 0 spiro atoms. The van der Waals surface area contributed by atoms with Gasteiger partial charge in [0, 0.05) is 13.0 Å². The molecule has 0 saturated carbocycles. The van der Waals surface area contributed by atoms with Crippen molar-refractivity contribution in [3.8, 4) is 0 Å². The van der Waals surface area contributed by atoms with Gasteiger partial charge in [0.2, 0.25) is 0 Å². The summed E-state index contributed by atoms with van der Waals surface area (Å²) >= 11 is 0. The first-order chi connectivity index (χ1) is 4.74. The molecule has 5 N–H and O–H groups in total. The monoisotopic (exact) mass is 146 g/mol. The third-order valence-corrected chi connectivity index (χ3v) is 1.79. The standard InChI is InChI=1S/C6H14N2O2/c7-2-4-1-6(9)5(8)3-10-4/h4-6,9H,1-3,7-8H2/t4-,5+,6?/m1/s1. The molecule has 10 heavy (non-hydrogen) atoms. The first kappa shape index (κ1) is 7.94. The van der Waals surface area contributed by atoms with Crippen molar-refractivity contribution < 1.29 is 9.84 Å². The first-order valence-corrected chi connectivity index (χ1v) is 3.49. The Morgan fingerprint density at radius 2 is 2.30 bits per heavy atom. The summed E-state index contributed by atoms with van der Waals surface area (Å²) in [6.07, 6.45) is 0.120. The lowest BCUT2D eigenvalue weighted by Gasteiger charge is -2.30. The molecule has 4 nitrogen and oxygen atoms in total. The summed E-state index contributed by atoms with van der Waals surface area (Å²) in [5.74, 6) is 0. The largest absolute Gasteiger partial charge is 0.391 e. The third kappa shape index (κ3) is 1.67. The highest BCUT2D eigenvalue weighted by atomic mass is 16.5. The maximum atomic E-state index is 9.22. The average Bonchev–Trinajstić information content (AvgIpc) is 1.95. The Hall–Kier alpha value is -0.160. The Labute approximate surface area is 60.1 Å². The average molecular weight is 146 g/mol. The van der Waals surface area contributed by atoms with Gasteiger partial charge in [0.1, 0.15) is 0 Å². The Bertz CT molecular complexity index is 110. The van der Waals surface area contributed by atoms with Crippen LogP contribution in [0, 0.1) is 0 Å². The fourth-order valence-corrected chi connectivity index (χ4v) is 1.03. The second kappa shape index (κ2) is 3.30. The van der Waals surface area contributed by atoms with Crippen molar-refractivity contribution in [3.63, 3.8) is 0 Å². The van der Waals surface area contributed by atoms with E-state index in [9.17, 15) is 5.11 Å². The van der Waals surface area contributed by atoms with E-state index in [4.69, 9.17) is 16.2 Å². The molecule has 1 heterocycles. The molecule has 0 aromatic carbocycles. The molecule has 0 aromatic heterocycles. The van der Waals surface area contributed by atoms with E-state index in [-0.39, 0.29) is 12.1 Å². The lowest BCUT2D eigenvalue weighted by molar-refractivity contribution is -0.0519. The van der Waals surface area contributed by atoms with E-state index < -0.39 is 6.10 Å². The summed E-state index contributed by atoms with van der Waals surface area (Å²) in [6, 6.07) is -0.234. The topological polar surface area (TPSA) is 81.5 Å². The number of aliphatic hydroxyl groups excluding tert-OH is 1. The number of hydrogen-bond donors (Lipinski definition) is 3. The van der Waals surface area contributed by atoms with E-state index in [1.165, 1.54) is 0 Å². The van der Waals surface area contributed by atoms with Crippen LogP contribution in [0.4, 0.5) is 0 Å². The van der Waals surface area contributed by atoms with Gasteiger partial charge in [-0.1, -0.05) is 0 Å². The lowest BCUT2D eigenvalue weighted by atomic mass is 10.0. The Morgan fingerprint density at radius 1 is 1.60 bits per heavy atom. The smallest absolute Gasteiger partial charge is 0.0738 e. The van der Waals surface area contributed by atoms with Crippen LogP contribution in [0.3, 0.4) is 0 Å². The molecule has 4 heteroatoms. The summed E-state index contributed by atoms with van der Waals surface area (Å²) in [5.41, 5.74) is 10.8. The number of ether oxygens (including phenoxy) is 1. The van der Waals surface area contributed by atoms with Gasteiger partial charge in [0.25, 0.3) is 0 Å². The molecular formula is C6H14N2O2. The molecule has 1 fully saturated rings. The molecule has 0 aliphatic carbocycles. The van der Waals surface area contributed by atoms with Crippen molar-refractivity contribution in [2.75, 3.05) is 13.2 Å². The van der Waals surface area contributed by atoms with Crippen LogP contribution in [0.2, 0.25) is 0 Å². The Kier molecular flexibility index (Phi) is 2.62. The van der Waals surface area contributed by atoms with Crippen molar-refractivity contribution >= 4 is 0 Å². The lowest BCUT2D eigenvalue weighted by Crippen LogP contribution is -2.48. The third-order valence-electron chi connectivity index (χ3n) is 1.79. The second-order valence-electron chi connectivity index (χ2n) is 2.66. The van der Waals surface area contributed by atoms with Crippen molar-refractivity contribution in [2.45, 2.75) is 24.7 Å². The molecular weight excluding hydrogens is 132 g/mol.